The first kappa shape index (κ1) is 21.6. The van der Waals surface area contributed by atoms with Crippen LogP contribution in [0.3, 0.4) is 0 Å². The van der Waals surface area contributed by atoms with Crippen molar-refractivity contribution >= 4 is 29.4 Å². The van der Waals surface area contributed by atoms with E-state index in [1.807, 2.05) is 51.3 Å². The van der Waals surface area contributed by atoms with Crippen LogP contribution >= 0.6 is 11.8 Å². The van der Waals surface area contributed by atoms with E-state index in [9.17, 15) is 9.59 Å². The van der Waals surface area contributed by atoms with Crippen molar-refractivity contribution in [3.8, 4) is 0 Å². The number of carbonyl (C=O) groups is 2. The Morgan fingerprint density at radius 3 is 2.67 bits per heavy atom. The van der Waals surface area contributed by atoms with Crippen molar-refractivity contribution in [3.05, 3.63) is 24.3 Å². The van der Waals surface area contributed by atoms with Gasteiger partial charge in [-0.3, -0.25) is 9.69 Å². The average molecular weight is 394 g/mol. The SMILES string of the molecule is CSc1cccc(NC(=O)C(C)N2CCCN(C(=O)OCC(C)C)CC2)c1. The van der Waals surface area contributed by atoms with E-state index in [2.05, 4.69) is 10.2 Å². The largest absolute Gasteiger partial charge is 0.449 e. The first-order valence-corrected chi connectivity index (χ1v) is 10.7. The van der Waals surface area contributed by atoms with Crippen molar-refractivity contribution < 1.29 is 14.3 Å². The predicted molar refractivity (Wildman–Crippen MR) is 110 cm³/mol. The lowest BCUT2D eigenvalue weighted by atomic mass is 10.2. The summed E-state index contributed by atoms with van der Waals surface area (Å²) in [7, 11) is 0. The van der Waals surface area contributed by atoms with Gasteiger partial charge in [0.05, 0.1) is 12.6 Å². The minimum Gasteiger partial charge on any atom is -0.449 e. The third-order valence-corrected chi connectivity index (χ3v) is 5.32. The molecular weight excluding hydrogens is 362 g/mol. The number of hydrogen-bond donors (Lipinski definition) is 1. The quantitative estimate of drug-likeness (QED) is 0.749. The van der Waals surface area contributed by atoms with Gasteiger partial charge < -0.3 is 15.0 Å². The second kappa shape index (κ2) is 10.6. The molecule has 1 aliphatic rings. The Hall–Kier alpha value is -1.73. The lowest BCUT2D eigenvalue weighted by Gasteiger charge is -2.27. The van der Waals surface area contributed by atoms with Crippen LogP contribution in [0.1, 0.15) is 27.2 Å². The Balaban J connectivity index is 1.88. The van der Waals surface area contributed by atoms with Gasteiger partial charge in [-0.1, -0.05) is 19.9 Å². The van der Waals surface area contributed by atoms with Gasteiger partial charge in [-0.05, 0) is 43.7 Å². The summed E-state index contributed by atoms with van der Waals surface area (Å²) in [6.07, 6.45) is 2.59. The van der Waals surface area contributed by atoms with Gasteiger partial charge in [0.1, 0.15) is 0 Å². The number of benzene rings is 1. The fourth-order valence-electron chi connectivity index (χ4n) is 2.95. The normalized spacial score (nSPS) is 16.7. The van der Waals surface area contributed by atoms with Crippen LogP contribution in [0, 0.1) is 5.92 Å². The molecule has 0 spiro atoms. The third-order valence-electron chi connectivity index (χ3n) is 4.59. The van der Waals surface area contributed by atoms with Gasteiger partial charge in [-0.15, -0.1) is 11.8 Å². The summed E-state index contributed by atoms with van der Waals surface area (Å²) in [6, 6.07) is 7.59. The highest BCUT2D eigenvalue weighted by Gasteiger charge is 2.26. The van der Waals surface area contributed by atoms with Gasteiger partial charge in [-0.25, -0.2) is 4.79 Å². The molecule has 7 heteroatoms. The molecule has 27 heavy (non-hydrogen) atoms. The molecule has 0 bridgehead atoms. The van der Waals surface area contributed by atoms with Gasteiger partial charge in [0.2, 0.25) is 5.91 Å². The zero-order chi connectivity index (χ0) is 19.8. The summed E-state index contributed by atoms with van der Waals surface area (Å²) in [4.78, 5) is 29.8. The summed E-state index contributed by atoms with van der Waals surface area (Å²) in [5.41, 5.74) is 0.812. The standard InChI is InChI=1S/C20H31N3O3S/c1-15(2)14-26-20(25)23-10-6-9-22(11-12-23)16(3)19(24)21-17-7-5-8-18(13-17)27-4/h5,7-8,13,15-16H,6,9-12,14H2,1-4H3,(H,21,24). The second-order valence-corrected chi connectivity index (χ2v) is 8.12. The Bertz CT molecular complexity index is 639. The molecule has 1 fully saturated rings. The van der Waals surface area contributed by atoms with E-state index in [1.165, 1.54) is 0 Å². The molecule has 1 aliphatic heterocycles. The van der Waals surface area contributed by atoms with Crippen molar-refractivity contribution in [3.63, 3.8) is 0 Å². The maximum Gasteiger partial charge on any atom is 0.409 e. The number of nitrogens with zero attached hydrogens (tertiary/aromatic N) is 2. The van der Waals surface area contributed by atoms with Crippen LogP contribution in [0.5, 0.6) is 0 Å². The minimum atomic E-state index is -0.255. The first-order valence-electron chi connectivity index (χ1n) is 9.51. The maximum absolute atomic E-state index is 12.7. The van der Waals surface area contributed by atoms with E-state index in [0.29, 0.717) is 32.2 Å². The van der Waals surface area contributed by atoms with Crippen LogP contribution in [0.15, 0.2) is 29.2 Å². The van der Waals surface area contributed by atoms with Crippen molar-refractivity contribution in [2.45, 2.75) is 38.1 Å². The van der Waals surface area contributed by atoms with Crippen LogP contribution in [-0.4, -0.2) is 66.9 Å². The monoisotopic (exact) mass is 393 g/mol. The predicted octanol–water partition coefficient (Wildman–Crippen LogP) is 3.54. The topological polar surface area (TPSA) is 61.9 Å². The minimum absolute atomic E-state index is 0.0240. The zero-order valence-corrected chi connectivity index (χ0v) is 17.6. The van der Waals surface area contributed by atoms with E-state index in [0.717, 1.165) is 23.5 Å². The fraction of sp³-hybridized carbons (Fsp3) is 0.600. The maximum atomic E-state index is 12.7. The third kappa shape index (κ3) is 6.74. The summed E-state index contributed by atoms with van der Waals surface area (Å²) >= 11 is 1.65. The van der Waals surface area contributed by atoms with Crippen LogP contribution < -0.4 is 5.32 Å². The zero-order valence-electron chi connectivity index (χ0n) is 16.7. The van der Waals surface area contributed by atoms with E-state index >= 15 is 0 Å². The van der Waals surface area contributed by atoms with Crippen molar-refractivity contribution in [1.29, 1.82) is 0 Å². The van der Waals surface area contributed by atoms with Gasteiger partial charge >= 0.3 is 6.09 Å². The molecule has 150 valence electrons. The molecule has 1 aromatic rings. The summed E-state index contributed by atoms with van der Waals surface area (Å²) in [5.74, 6) is 0.301. The highest BCUT2D eigenvalue weighted by Crippen LogP contribution is 2.19. The van der Waals surface area contributed by atoms with Gasteiger partial charge in [0, 0.05) is 36.8 Å². The summed E-state index contributed by atoms with van der Waals surface area (Å²) < 4.78 is 5.33. The van der Waals surface area contributed by atoms with E-state index in [1.54, 1.807) is 16.7 Å². The van der Waals surface area contributed by atoms with Crippen LogP contribution in [-0.2, 0) is 9.53 Å². The molecule has 0 aliphatic carbocycles. The van der Waals surface area contributed by atoms with Gasteiger partial charge in [-0.2, -0.15) is 0 Å². The lowest BCUT2D eigenvalue weighted by Crippen LogP contribution is -2.44. The molecule has 1 atom stereocenters. The van der Waals surface area contributed by atoms with Crippen LogP contribution in [0.4, 0.5) is 10.5 Å². The van der Waals surface area contributed by atoms with Gasteiger partial charge in [0.25, 0.3) is 0 Å². The molecule has 1 unspecified atom stereocenters. The molecule has 2 amide bonds. The average Bonchev–Trinajstić information content (AvgIpc) is 2.91. The number of thioether (sulfide) groups is 1. The van der Waals surface area contributed by atoms with Crippen molar-refractivity contribution in [2.24, 2.45) is 5.92 Å². The number of hydrogen-bond acceptors (Lipinski definition) is 5. The second-order valence-electron chi connectivity index (χ2n) is 7.24. The number of ether oxygens (including phenoxy) is 1. The van der Waals surface area contributed by atoms with Gasteiger partial charge in [0.15, 0.2) is 0 Å². The van der Waals surface area contributed by atoms with E-state index < -0.39 is 0 Å². The Labute approximate surface area is 166 Å². The highest BCUT2D eigenvalue weighted by molar-refractivity contribution is 7.98. The number of carbonyl (C=O) groups excluding carboxylic acids is 2. The number of amides is 2. The van der Waals surface area contributed by atoms with Crippen LogP contribution in [0.2, 0.25) is 0 Å². The molecule has 0 aromatic heterocycles. The molecule has 0 saturated carbocycles. The van der Waals surface area contributed by atoms with E-state index in [4.69, 9.17) is 4.74 Å². The highest BCUT2D eigenvalue weighted by atomic mass is 32.2. The number of rotatable bonds is 6. The number of anilines is 1. The Morgan fingerprint density at radius 2 is 1.96 bits per heavy atom. The lowest BCUT2D eigenvalue weighted by molar-refractivity contribution is -0.120. The first-order chi connectivity index (χ1) is 12.9. The molecule has 0 radical (unpaired) electrons. The molecular formula is C20H31N3O3S. The molecule has 1 heterocycles. The molecule has 6 nitrogen and oxygen atoms in total. The molecule has 1 aromatic carbocycles. The van der Waals surface area contributed by atoms with Crippen molar-refractivity contribution in [2.75, 3.05) is 44.4 Å². The number of nitrogens with one attached hydrogen (secondary N) is 1. The van der Waals surface area contributed by atoms with Crippen molar-refractivity contribution in [1.82, 2.24) is 9.80 Å². The Morgan fingerprint density at radius 1 is 1.19 bits per heavy atom. The fourth-order valence-corrected chi connectivity index (χ4v) is 3.41. The summed E-state index contributed by atoms with van der Waals surface area (Å²) in [5, 5.41) is 3.00. The van der Waals surface area contributed by atoms with E-state index in [-0.39, 0.29) is 18.0 Å². The Kier molecular flexibility index (Phi) is 8.44. The molecule has 2 rings (SSSR count). The molecule has 1 N–H and O–H groups in total. The molecule has 1 saturated heterocycles. The van der Waals surface area contributed by atoms with Crippen LogP contribution in [0.25, 0.3) is 0 Å². The summed E-state index contributed by atoms with van der Waals surface area (Å²) in [6.45, 7) is 9.09. The smallest absolute Gasteiger partial charge is 0.409 e.